The van der Waals surface area contributed by atoms with Crippen LogP contribution in [0, 0.1) is 17.1 Å². The van der Waals surface area contributed by atoms with Gasteiger partial charge in [-0.1, -0.05) is 24.8 Å². The van der Waals surface area contributed by atoms with E-state index in [-0.39, 0.29) is 28.2 Å². The number of benzene rings is 1. The van der Waals surface area contributed by atoms with Gasteiger partial charge in [0, 0.05) is 6.54 Å². The zero-order chi connectivity index (χ0) is 18.4. The lowest BCUT2D eigenvalue weighted by atomic mass is 10.2. The molecule has 0 N–H and O–H groups in total. The standard InChI is InChI=1S/C18H15FN2O3S/c1-3-9-24-18(23)14(11-20)17-21(4-2)16(22)15(25-17)10-12-5-7-13(19)8-6-12/h3,5-8,10H,1,4,9H2,2H3/b15-10?,17-14-. The van der Waals surface area contributed by atoms with Crippen LogP contribution in [0.5, 0.6) is 0 Å². The van der Waals surface area contributed by atoms with Crippen LogP contribution in [0.4, 0.5) is 4.39 Å². The molecule has 0 unspecified atom stereocenters. The average Bonchev–Trinajstić information content (AvgIpc) is 2.91. The summed E-state index contributed by atoms with van der Waals surface area (Å²) in [7, 11) is 0. The molecule has 0 saturated heterocycles. The first-order valence-corrected chi connectivity index (χ1v) is 8.22. The second-order valence-corrected chi connectivity index (χ2v) is 5.92. The summed E-state index contributed by atoms with van der Waals surface area (Å²) in [5.74, 6) is -1.18. The second kappa shape index (κ2) is 8.22. The van der Waals surface area contributed by atoms with E-state index in [9.17, 15) is 19.2 Å². The van der Waals surface area contributed by atoms with Crippen LogP contribution in [0.3, 0.4) is 0 Å². The SMILES string of the molecule is C=CCOC(=O)/C(C#N)=c1\sc(=Cc2ccc(F)cc2)c(=O)n1CC. The number of nitrogens with zero attached hydrogens (tertiary/aromatic N) is 2. The molecule has 1 heterocycles. The smallest absolute Gasteiger partial charge is 0.352 e. The van der Waals surface area contributed by atoms with Crippen molar-refractivity contribution in [3.05, 3.63) is 67.9 Å². The molecule has 25 heavy (non-hydrogen) atoms. The summed E-state index contributed by atoms with van der Waals surface area (Å²) in [5.41, 5.74) is 0.0861. The number of hydrogen-bond acceptors (Lipinski definition) is 5. The number of rotatable bonds is 5. The minimum Gasteiger partial charge on any atom is -0.457 e. The molecule has 128 valence electrons. The second-order valence-electron chi connectivity index (χ2n) is 4.89. The summed E-state index contributed by atoms with van der Waals surface area (Å²) >= 11 is 1.02. The van der Waals surface area contributed by atoms with E-state index in [4.69, 9.17) is 4.74 Å². The van der Waals surface area contributed by atoms with Crippen molar-refractivity contribution in [2.75, 3.05) is 6.61 Å². The molecule has 7 heteroatoms. The van der Waals surface area contributed by atoms with Crippen molar-refractivity contribution in [1.82, 2.24) is 4.57 Å². The van der Waals surface area contributed by atoms with Gasteiger partial charge in [0.15, 0.2) is 5.57 Å². The molecule has 5 nitrogen and oxygen atoms in total. The number of hydrogen-bond donors (Lipinski definition) is 0. The highest BCUT2D eigenvalue weighted by Gasteiger charge is 2.16. The summed E-state index contributed by atoms with van der Waals surface area (Å²) in [6, 6.07) is 7.47. The molecule has 0 bridgehead atoms. The van der Waals surface area contributed by atoms with Gasteiger partial charge in [0.2, 0.25) is 0 Å². The number of ether oxygens (including phenoxy) is 1. The molecular formula is C18H15FN2O3S. The van der Waals surface area contributed by atoms with Gasteiger partial charge in [-0.05, 0) is 30.7 Å². The van der Waals surface area contributed by atoms with Crippen molar-refractivity contribution < 1.29 is 13.9 Å². The van der Waals surface area contributed by atoms with E-state index in [2.05, 4.69) is 6.58 Å². The Morgan fingerprint density at radius 1 is 1.44 bits per heavy atom. The normalized spacial score (nSPS) is 12.4. The molecule has 0 amide bonds. The lowest BCUT2D eigenvalue weighted by molar-refractivity contribution is -0.135. The number of aromatic nitrogens is 1. The quantitative estimate of drug-likeness (QED) is 0.597. The van der Waals surface area contributed by atoms with E-state index in [1.165, 1.54) is 34.9 Å². The van der Waals surface area contributed by atoms with Gasteiger partial charge in [-0.25, -0.2) is 9.18 Å². The van der Waals surface area contributed by atoms with Crippen LogP contribution >= 0.6 is 11.3 Å². The zero-order valence-corrected chi connectivity index (χ0v) is 14.3. The minimum atomic E-state index is -0.806. The van der Waals surface area contributed by atoms with Gasteiger partial charge >= 0.3 is 5.97 Å². The van der Waals surface area contributed by atoms with E-state index < -0.39 is 5.97 Å². The number of carbonyl (C=O) groups excluding carboxylic acids is 1. The highest BCUT2D eigenvalue weighted by molar-refractivity contribution is 7.07. The van der Waals surface area contributed by atoms with E-state index >= 15 is 0 Å². The first-order valence-electron chi connectivity index (χ1n) is 7.41. The number of carbonyl (C=O) groups is 1. The van der Waals surface area contributed by atoms with Gasteiger partial charge in [-0.3, -0.25) is 9.36 Å². The largest absolute Gasteiger partial charge is 0.457 e. The third-order valence-corrected chi connectivity index (χ3v) is 4.38. The van der Waals surface area contributed by atoms with E-state index in [0.29, 0.717) is 16.6 Å². The first-order chi connectivity index (χ1) is 12.0. The maximum Gasteiger partial charge on any atom is 0.352 e. The van der Waals surface area contributed by atoms with Crippen LogP contribution in [0.1, 0.15) is 12.5 Å². The molecule has 0 aliphatic rings. The fraction of sp³-hybridized carbons (Fsp3) is 0.167. The molecule has 1 aromatic heterocycles. The van der Waals surface area contributed by atoms with Crippen molar-refractivity contribution in [3.63, 3.8) is 0 Å². The lowest BCUT2D eigenvalue weighted by Gasteiger charge is -2.00. The molecule has 0 aliphatic heterocycles. The maximum atomic E-state index is 13.0. The van der Waals surface area contributed by atoms with Crippen LogP contribution in [0.15, 0.2) is 41.7 Å². The van der Waals surface area contributed by atoms with Crippen LogP contribution in [-0.2, 0) is 16.1 Å². The molecule has 2 rings (SSSR count). The number of thiazole rings is 1. The number of esters is 1. The van der Waals surface area contributed by atoms with Crippen molar-refractivity contribution in [3.8, 4) is 6.07 Å². The lowest BCUT2D eigenvalue weighted by Crippen LogP contribution is -2.32. The van der Waals surface area contributed by atoms with Crippen molar-refractivity contribution in [2.45, 2.75) is 13.5 Å². The van der Waals surface area contributed by atoms with Gasteiger partial charge in [0.25, 0.3) is 5.56 Å². The Bertz CT molecular complexity index is 1010. The summed E-state index contributed by atoms with van der Waals surface area (Å²) < 4.78 is 19.8. The van der Waals surface area contributed by atoms with Crippen LogP contribution in [-0.4, -0.2) is 17.1 Å². The van der Waals surface area contributed by atoms with E-state index in [0.717, 1.165) is 11.3 Å². The van der Waals surface area contributed by atoms with Crippen LogP contribution in [0.25, 0.3) is 11.6 Å². The Hall–Kier alpha value is -2.98. The summed E-state index contributed by atoms with van der Waals surface area (Å²) in [4.78, 5) is 24.6. The monoisotopic (exact) mass is 358 g/mol. The summed E-state index contributed by atoms with van der Waals surface area (Å²) in [5, 5.41) is 9.32. The Kier molecular flexibility index (Phi) is 6.03. The van der Waals surface area contributed by atoms with Crippen LogP contribution in [0.2, 0.25) is 0 Å². The molecule has 1 aromatic carbocycles. The molecular weight excluding hydrogens is 343 g/mol. The van der Waals surface area contributed by atoms with E-state index in [1.54, 1.807) is 13.0 Å². The van der Waals surface area contributed by atoms with Gasteiger partial charge in [0.05, 0.1) is 4.53 Å². The predicted octanol–water partition coefficient (Wildman–Crippen LogP) is 1.30. The predicted molar refractivity (Wildman–Crippen MR) is 93.6 cm³/mol. The fourth-order valence-corrected chi connectivity index (χ4v) is 3.24. The summed E-state index contributed by atoms with van der Waals surface area (Å²) in [6.45, 7) is 5.45. The van der Waals surface area contributed by atoms with Crippen molar-refractivity contribution in [2.24, 2.45) is 0 Å². The third kappa shape index (κ3) is 4.11. The Balaban J connectivity index is 2.68. The molecule has 0 aliphatic carbocycles. The highest BCUT2D eigenvalue weighted by Crippen LogP contribution is 2.03. The molecule has 0 atom stereocenters. The van der Waals surface area contributed by atoms with Gasteiger partial charge in [-0.15, -0.1) is 11.3 Å². The van der Waals surface area contributed by atoms with Gasteiger partial charge < -0.3 is 4.74 Å². The molecule has 0 spiro atoms. The van der Waals surface area contributed by atoms with Crippen LogP contribution < -0.4 is 14.8 Å². The maximum absolute atomic E-state index is 13.0. The third-order valence-electron chi connectivity index (χ3n) is 3.25. The van der Waals surface area contributed by atoms with Gasteiger partial charge in [-0.2, -0.15) is 5.26 Å². The molecule has 0 fully saturated rings. The zero-order valence-electron chi connectivity index (χ0n) is 13.5. The minimum absolute atomic E-state index is 0.0275. The molecule has 0 saturated carbocycles. The molecule has 2 aromatic rings. The summed E-state index contributed by atoms with van der Waals surface area (Å²) in [6.07, 6.45) is 2.98. The van der Waals surface area contributed by atoms with Crippen molar-refractivity contribution in [1.29, 1.82) is 5.26 Å². The first kappa shape index (κ1) is 18.4. The number of nitriles is 1. The number of halogens is 1. The van der Waals surface area contributed by atoms with E-state index in [1.807, 2.05) is 6.07 Å². The van der Waals surface area contributed by atoms with Gasteiger partial charge in [0.1, 0.15) is 23.2 Å². The fourth-order valence-electron chi connectivity index (χ4n) is 2.09. The molecule has 0 radical (unpaired) electrons. The Morgan fingerprint density at radius 3 is 2.68 bits per heavy atom. The highest BCUT2D eigenvalue weighted by atomic mass is 32.1. The topological polar surface area (TPSA) is 72.1 Å². The van der Waals surface area contributed by atoms with Crippen molar-refractivity contribution >= 4 is 29.0 Å². The average molecular weight is 358 g/mol. The Morgan fingerprint density at radius 2 is 2.12 bits per heavy atom. The Labute approximate surface area is 147 Å².